The molecule has 29 heavy (non-hydrogen) atoms. The molecular formula is C23H24ClN3O2. The van der Waals surface area contributed by atoms with Crippen LogP contribution in [0.5, 0.6) is 5.75 Å². The van der Waals surface area contributed by atoms with E-state index in [2.05, 4.69) is 15.1 Å². The average molecular weight is 410 g/mol. The minimum Gasteiger partial charge on any atom is -0.494 e. The van der Waals surface area contributed by atoms with Gasteiger partial charge in [0.1, 0.15) is 5.75 Å². The van der Waals surface area contributed by atoms with Crippen LogP contribution in [0.3, 0.4) is 0 Å². The third kappa shape index (κ3) is 5.06. The second-order valence-corrected chi connectivity index (χ2v) is 7.15. The van der Waals surface area contributed by atoms with Gasteiger partial charge in [-0.25, -0.2) is 5.43 Å². The number of aromatic nitrogens is 1. The van der Waals surface area contributed by atoms with Crippen molar-refractivity contribution in [3.8, 4) is 11.4 Å². The van der Waals surface area contributed by atoms with Crippen LogP contribution >= 0.6 is 11.6 Å². The van der Waals surface area contributed by atoms with Crippen LogP contribution < -0.4 is 10.2 Å². The van der Waals surface area contributed by atoms with E-state index in [0.29, 0.717) is 17.2 Å². The fraction of sp³-hybridized carbons (Fsp3) is 0.217. The van der Waals surface area contributed by atoms with Crippen molar-refractivity contribution < 1.29 is 9.53 Å². The lowest BCUT2D eigenvalue weighted by Gasteiger charge is -2.09. The minimum atomic E-state index is -0.271. The molecule has 5 nitrogen and oxygen atoms in total. The maximum absolute atomic E-state index is 12.3. The van der Waals surface area contributed by atoms with Crippen molar-refractivity contribution in [2.24, 2.45) is 5.10 Å². The number of carbonyl (C=O) groups is 1. The van der Waals surface area contributed by atoms with Crippen LogP contribution in [0.1, 0.15) is 40.7 Å². The van der Waals surface area contributed by atoms with Gasteiger partial charge in [0.15, 0.2) is 0 Å². The Bertz CT molecular complexity index is 1020. The van der Waals surface area contributed by atoms with Crippen molar-refractivity contribution in [3.63, 3.8) is 0 Å². The molecule has 0 saturated heterocycles. The number of amides is 1. The first-order valence-electron chi connectivity index (χ1n) is 9.50. The largest absolute Gasteiger partial charge is 0.494 e. The highest BCUT2D eigenvalue weighted by Crippen LogP contribution is 2.22. The smallest absolute Gasteiger partial charge is 0.271 e. The Kier molecular flexibility index (Phi) is 6.73. The Morgan fingerprint density at radius 1 is 1.17 bits per heavy atom. The number of nitrogens with one attached hydrogen (secondary N) is 1. The Morgan fingerprint density at radius 3 is 2.62 bits per heavy atom. The number of hydrogen-bond acceptors (Lipinski definition) is 3. The normalized spacial score (nSPS) is 11.0. The highest BCUT2D eigenvalue weighted by atomic mass is 35.5. The van der Waals surface area contributed by atoms with Crippen LogP contribution in [-0.4, -0.2) is 23.3 Å². The summed E-state index contributed by atoms with van der Waals surface area (Å²) in [5, 5.41) is 4.81. The Balaban J connectivity index is 1.69. The molecule has 0 fully saturated rings. The van der Waals surface area contributed by atoms with E-state index in [9.17, 15) is 4.79 Å². The van der Waals surface area contributed by atoms with Crippen molar-refractivity contribution in [3.05, 3.63) is 82.1 Å². The number of nitrogens with zero attached hydrogens (tertiary/aromatic N) is 2. The van der Waals surface area contributed by atoms with Gasteiger partial charge in [-0.3, -0.25) is 4.79 Å². The summed E-state index contributed by atoms with van der Waals surface area (Å²) >= 11 is 6.12. The van der Waals surface area contributed by atoms with E-state index in [1.54, 1.807) is 30.5 Å². The molecule has 1 N–H and O–H groups in total. The maximum atomic E-state index is 12.3. The SMILES string of the molecule is CCCOc1ccc(C(=O)N/N=C/c2cc(C)n(-c3cccc(Cl)c3)c2C)cc1. The van der Waals surface area contributed by atoms with Gasteiger partial charge in [0, 0.05) is 33.2 Å². The minimum absolute atomic E-state index is 0.271. The molecule has 0 spiro atoms. The van der Waals surface area contributed by atoms with Crippen molar-refractivity contribution in [2.45, 2.75) is 27.2 Å². The lowest BCUT2D eigenvalue weighted by Crippen LogP contribution is -2.17. The summed E-state index contributed by atoms with van der Waals surface area (Å²) in [5.41, 5.74) is 7.08. The highest BCUT2D eigenvalue weighted by molar-refractivity contribution is 6.30. The van der Waals surface area contributed by atoms with Crippen LogP contribution in [0.2, 0.25) is 5.02 Å². The second kappa shape index (κ2) is 9.43. The third-order valence-electron chi connectivity index (χ3n) is 4.50. The van der Waals surface area contributed by atoms with Crippen LogP contribution in [-0.2, 0) is 0 Å². The van der Waals surface area contributed by atoms with E-state index in [1.807, 2.05) is 51.1 Å². The zero-order valence-corrected chi connectivity index (χ0v) is 17.5. The summed E-state index contributed by atoms with van der Waals surface area (Å²) in [6.07, 6.45) is 2.59. The fourth-order valence-electron chi connectivity index (χ4n) is 3.08. The van der Waals surface area contributed by atoms with Crippen molar-refractivity contribution in [1.82, 2.24) is 9.99 Å². The van der Waals surface area contributed by atoms with E-state index in [0.717, 1.165) is 34.8 Å². The van der Waals surface area contributed by atoms with Gasteiger partial charge in [-0.2, -0.15) is 5.10 Å². The first-order valence-corrected chi connectivity index (χ1v) is 9.88. The standard InChI is InChI=1S/C23H24ClN3O2/c1-4-12-29-22-10-8-18(9-11-22)23(28)26-25-15-19-13-16(2)27(17(19)3)21-7-5-6-20(24)14-21/h5-11,13-15H,4,12H2,1-3H3,(H,26,28)/b25-15+. The molecule has 1 heterocycles. The summed E-state index contributed by atoms with van der Waals surface area (Å²) < 4.78 is 7.63. The quantitative estimate of drug-likeness (QED) is 0.425. The van der Waals surface area contributed by atoms with Crippen LogP contribution in [0.25, 0.3) is 5.69 Å². The first-order chi connectivity index (χ1) is 14.0. The van der Waals surface area contributed by atoms with Crippen LogP contribution in [0.15, 0.2) is 59.7 Å². The summed E-state index contributed by atoms with van der Waals surface area (Å²) in [5.74, 6) is 0.479. The van der Waals surface area contributed by atoms with Crippen molar-refractivity contribution in [1.29, 1.82) is 0 Å². The first kappa shape index (κ1) is 20.7. The Morgan fingerprint density at radius 2 is 1.93 bits per heavy atom. The Hall–Kier alpha value is -3.05. The molecule has 0 aliphatic carbocycles. The van der Waals surface area contributed by atoms with Gasteiger partial charge in [0.25, 0.3) is 5.91 Å². The molecule has 150 valence electrons. The molecule has 0 atom stereocenters. The molecule has 2 aromatic carbocycles. The molecule has 0 unspecified atom stereocenters. The summed E-state index contributed by atoms with van der Waals surface area (Å²) in [7, 11) is 0. The van der Waals surface area contributed by atoms with E-state index in [-0.39, 0.29) is 5.91 Å². The molecule has 0 radical (unpaired) electrons. The number of ether oxygens (including phenoxy) is 1. The Labute approximate surface area is 176 Å². The number of hydrazone groups is 1. The average Bonchev–Trinajstić information content (AvgIpc) is 3.00. The third-order valence-corrected chi connectivity index (χ3v) is 4.73. The van der Waals surface area contributed by atoms with E-state index in [1.165, 1.54) is 0 Å². The number of rotatable bonds is 7. The summed E-state index contributed by atoms with van der Waals surface area (Å²) in [6, 6.07) is 16.7. The molecule has 3 rings (SSSR count). The molecule has 3 aromatic rings. The molecule has 6 heteroatoms. The number of halogens is 1. The van der Waals surface area contributed by atoms with E-state index < -0.39 is 0 Å². The van der Waals surface area contributed by atoms with Gasteiger partial charge >= 0.3 is 0 Å². The summed E-state index contributed by atoms with van der Waals surface area (Å²) in [6.45, 7) is 6.73. The maximum Gasteiger partial charge on any atom is 0.271 e. The second-order valence-electron chi connectivity index (χ2n) is 6.71. The molecule has 0 aliphatic rings. The lowest BCUT2D eigenvalue weighted by molar-refractivity contribution is 0.0955. The topological polar surface area (TPSA) is 55.6 Å². The van der Waals surface area contributed by atoms with E-state index in [4.69, 9.17) is 16.3 Å². The number of benzene rings is 2. The van der Waals surface area contributed by atoms with Crippen molar-refractivity contribution >= 4 is 23.7 Å². The monoisotopic (exact) mass is 409 g/mol. The molecule has 0 saturated carbocycles. The van der Waals surface area contributed by atoms with E-state index >= 15 is 0 Å². The van der Waals surface area contributed by atoms with Gasteiger partial charge in [0.2, 0.25) is 0 Å². The van der Waals surface area contributed by atoms with Crippen molar-refractivity contribution in [2.75, 3.05) is 6.61 Å². The van der Waals surface area contributed by atoms with Gasteiger partial charge in [0.05, 0.1) is 12.8 Å². The number of aryl methyl sites for hydroxylation is 1. The fourth-order valence-corrected chi connectivity index (χ4v) is 3.26. The summed E-state index contributed by atoms with van der Waals surface area (Å²) in [4.78, 5) is 12.3. The zero-order chi connectivity index (χ0) is 20.8. The number of hydrogen-bond donors (Lipinski definition) is 1. The predicted octanol–water partition coefficient (Wildman–Crippen LogP) is 5.30. The molecule has 1 aromatic heterocycles. The highest BCUT2D eigenvalue weighted by Gasteiger charge is 2.10. The molecule has 0 bridgehead atoms. The molecule has 0 aliphatic heterocycles. The number of carbonyl (C=O) groups excluding carboxylic acids is 1. The zero-order valence-electron chi connectivity index (χ0n) is 16.8. The van der Waals surface area contributed by atoms with Gasteiger partial charge < -0.3 is 9.30 Å². The van der Waals surface area contributed by atoms with Gasteiger partial charge in [-0.05, 0) is 68.8 Å². The molecule has 1 amide bonds. The lowest BCUT2D eigenvalue weighted by atomic mass is 10.2. The predicted molar refractivity (Wildman–Crippen MR) is 118 cm³/mol. The molecular weight excluding hydrogens is 386 g/mol. The van der Waals surface area contributed by atoms with Crippen LogP contribution in [0, 0.1) is 13.8 Å². The van der Waals surface area contributed by atoms with Gasteiger partial charge in [-0.15, -0.1) is 0 Å². The van der Waals surface area contributed by atoms with Gasteiger partial charge in [-0.1, -0.05) is 24.6 Å². The van der Waals surface area contributed by atoms with Crippen LogP contribution in [0.4, 0.5) is 0 Å².